The first-order chi connectivity index (χ1) is 7.81. The number of rotatable bonds is 3. The Morgan fingerprint density at radius 1 is 1.44 bits per heavy atom. The van der Waals surface area contributed by atoms with Crippen molar-refractivity contribution in [3.05, 3.63) is 5.82 Å². The molecule has 0 amide bonds. The molecule has 1 aliphatic rings. The van der Waals surface area contributed by atoms with Crippen LogP contribution in [0.2, 0.25) is 0 Å². The highest BCUT2D eigenvalue weighted by molar-refractivity contribution is 4.92. The van der Waals surface area contributed by atoms with Crippen LogP contribution in [0.5, 0.6) is 0 Å². The van der Waals surface area contributed by atoms with Crippen molar-refractivity contribution in [2.75, 3.05) is 0 Å². The van der Waals surface area contributed by atoms with E-state index in [2.05, 4.69) is 15.4 Å². The fraction of sp³-hybridized carbons (Fsp3) is 0.800. The van der Waals surface area contributed by atoms with Gasteiger partial charge in [0.05, 0.1) is 12.1 Å². The molecule has 2 N–H and O–H groups in total. The second-order valence-electron chi connectivity index (χ2n) is 4.26. The number of hydrogen-bond donors (Lipinski definition) is 1. The van der Waals surface area contributed by atoms with Crippen LogP contribution in [0, 0.1) is 17.2 Å². The average molecular weight is 220 g/mol. The maximum Gasteiger partial charge on any atom is 0.191 e. The predicted molar refractivity (Wildman–Crippen MR) is 56.9 cm³/mol. The smallest absolute Gasteiger partial charge is 0.191 e. The van der Waals surface area contributed by atoms with Gasteiger partial charge in [0.2, 0.25) is 0 Å². The van der Waals surface area contributed by atoms with Gasteiger partial charge in [-0.3, -0.25) is 0 Å². The van der Waals surface area contributed by atoms with Gasteiger partial charge in [-0.25, -0.2) is 0 Å². The van der Waals surface area contributed by atoms with E-state index in [-0.39, 0.29) is 12.6 Å². The van der Waals surface area contributed by atoms with Crippen molar-refractivity contribution in [3.63, 3.8) is 0 Å². The van der Waals surface area contributed by atoms with Crippen LogP contribution in [-0.2, 0) is 6.54 Å². The first kappa shape index (κ1) is 11.0. The third kappa shape index (κ3) is 2.36. The molecule has 1 aromatic rings. The molecule has 1 heterocycles. The summed E-state index contributed by atoms with van der Waals surface area (Å²) in [4.78, 5) is 1.29. The zero-order chi connectivity index (χ0) is 11.4. The first-order valence-electron chi connectivity index (χ1n) is 5.71. The van der Waals surface area contributed by atoms with Crippen molar-refractivity contribution in [2.24, 2.45) is 11.7 Å². The van der Waals surface area contributed by atoms with E-state index >= 15 is 0 Å². The molecule has 1 aromatic heterocycles. The lowest BCUT2D eigenvalue weighted by Gasteiger charge is -2.25. The molecular formula is C10H16N6. The van der Waals surface area contributed by atoms with Gasteiger partial charge < -0.3 is 5.73 Å². The zero-order valence-electron chi connectivity index (χ0n) is 9.21. The molecule has 0 saturated heterocycles. The van der Waals surface area contributed by atoms with Gasteiger partial charge in [-0.2, -0.15) is 5.26 Å². The van der Waals surface area contributed by atoms with E-state index in [0.29, 0.717) is 11.7 Å². The fourth-order valence-corrected chi connectivity index (χ4v) is 2.22. The second kappa shape index (κ2) is 5.03. The van der Waals surface area contributed by atoms with E-state index < -0.39 is 0 Å². The van der Waals surface area contributed by atoms with Crippen LogP contribution < -0.4 is 5.73 Å². The van der Waals surface area contributed by atoms with Crippen molar-refractivity contribution in [2.45, 2.75) is 44.7 Å². The number of hydrogen-bond acceptors (Lipinski definition) is 5. The normalized spacial score (nSPS) is 19.2. The number of aromatic nitrogens is 4. The summed E-state index contributed by atoms with van der Waals surface area (Å²) in [7, 11) is 0. The van der Waals surface area contributed by atoms with Gasteiger partial charge in [0.15, 0.2) is 5.82 Å². The lowest BCUT2D eigenvalue weighted by molar-refractivity contribution is 0.300. The molecule has 1 atom stereocenters. The lowest BCUT2D eigenvalue weighted by Crippen LogP contribution is -2.24. The summed E-state index contributed by atoms with van der Waals surface area (Å²) in [6, 6.07) is 1.84. The topological polar surface area (TPSA) is 93.4 Å². The summed E-state index contributed by atoms with van der Waals surface area (Å²) in [6.07, 6.45) is 6.08. The molecule has 1 fully saturated rings. The van der Waals surface area contributed by atoms with E-state index in [1.165, 1.54) is 24.1 Å². The summed E-state index contributed by atoms with van der Waals surface area (Å²) < 4.78 is 0. The molecule has 0 aliphatic heterocycles. The Morgan fingerprint density at radius 3 is 2.88 bits per heavy atom. The molecule has 16 heavy (non-hydrogen) atoms. The van der Waals surface area contributed by atoms with E-state index in [9.17, 15) is 0 Å². The van der Waals surface area contributed by atoms with Gasteiger partial charge >= 0.3 is 0 Å². The number of tetrazole rings is 1. The molecule has 0 spiro atoms. The Labute approximate surface area is 94.4 Å². The molecule has 0 unspecified atom stereocenters. The monoisotopic (exact) mass is 220 g/mol. The van der Waals surface area contributed by atoms with Gasteiger partial charge in [-0.1, -0.05) is 19.3 Å². The molecular weight excluding hydrogens is 204 g/mol. The summed E-state index contributed by atoms with van der Waals surface area (Å²) >= 11 is 0. The van der Waals surface area contributed by atoms with E-state index in [4.69, 9.17) is 11.0 Å². The average Bonchev–Trinajstić information content (AvgIpc) is 2.78. The van der Waals surface area contributed by atoms with Crippen molar-refractivity contribution in [1.82, 2.24) is 20.2 Å². The number of nitriles is 1. The van der Waals surface area contributed by atoms with Gasteiger partial charge in [-0.15, -0.1) is 15.0 Å². The predicted octanol–water partition coefficient (Wildman–Crippen LogP) is 0.777. The number of nitrogens with two attached hydrogens (primary N) is 1. The SMILES string of the molecule is N#CCn1nnc([C@@H](N)C2CCCCC2)n1. The van der Waals surface area contributed by atoms with Crippen LogP contribution in [-0.4, -0.2) is 20.2 Å². The van der Waals surface area contributed by atoms with Gasteiger partial charge in [-0.05, 0) is 24.0 Å². The summed E-state index contributed by atoms with van der Waals surface area (Å²) in [6.45, 7) is 0.129. The third-order valence-corrected chi connectivity index (χ3v) is 3.14. The minimum Gasteiger partial charge on any atom is -0.321 e. The number of nitrogens with zero attached hydrogens (tertiary/aromatic N) is 5. The molecule has 1 saturated carbocycles. The van der Waals surface area contributed by atoms with Crippen LogP contribution in [0.25, 0.3) is 0 Å². The molecule has 6 heteroatoms. The third-order valence-electron chi connectivity index (χ3n) is 3.14. The summed E-state index contributed by atoms with van der Waals surface area (Å²) in [5.74, 6) is 1.04. The lowest BCUT2D eigenvalue weighted by atomic mass is 9.84. The zero-order valence-corrected chi connectivity index (χ0v) is 9.21. The first-order valence-corrected chi connectivity index (χ1v) is 5.71. The maximum absolute atomic E-state index is 8.51. The van der Waals surface area contributed by atoms with Crippen LogP contribution in [0.3, 0.4) is 0 Å². The Bertz CT molecular complexity index is 373. The molecule has 2 rings (SSSR count). The standard InChI is InChI=1S/C10H16N6/c11-6-7-16-14-10(13-15-16)9(12)8-4-2-1-3-5-8/h8-9H,1-5,7,12H2/t9-/m0/s1. The van der Waals surface area contributed by atoms with Crippen molar-refractivity contribution in [3.8, 4) is 6.07 Å². The Kier molecular flexibility index (Phi) is 3.47. The van der Waals surface area contributed by atoms with E-state index in [1.54, 1.807) is 0 Å². The maximum atomic E-state index is 8.51. The minimum atomic E-state index is -0.132. The molecule has 0 radical (unpaired) electrons. The summed E-state index contributed by atoms with van der Waals surface area (Å²) in [5.41, 5.74) is 6.12. The van der Waals surface area contributed by atoms with Gasteiger partial charge in [0, 0.05) is 0 Å². The minimum absolute atomic E-state index is 0.129. The molecule has 0 aromatic carbocycles. The van der Waals surface area contributed by atoms with Gasteiger partial charge in [0.1, 0.15) is 6.54 Å². The van der Waals surface area contributed by atoms with Crippen molar-refractivity contribution < 1.29 is 0 Å². The highest BCUT2D eigenvalue weighted by atomic mass is 15.6. The van der Waals surface area contributed by atoms with Crippen molar-refractivity contribution >= 4 is 0 Å². The Balaban J connectivity index is 2.01. The highest BCUT2D eigenvalue weighted by Crippen LogP contribution is 2.31. The molecule has 0 bridgehead atoms. The van der Waals surface area contributed by atoms with Crippen LogP contribution in [0.4, 0.5) is 0 Å². The Hall–Kier alpha value is -1.48. The van der Waals surface area contributed by atoms with Crippen LogP contribution >= 0.6 is 0 Å². The van der Waals surface area contributed by atoms with Crippen LogP contribution in [0.15, 0.2) is 0 Å². The molecule has 86 valence electrons. The van der Waals surface area contributed by atoms with Crippen molar-refractivity contribution in [1.29, 1.82) is 5.26 Å². The van der Waals surface area contributed by atoms with Crippen LogP contribution in [0.1, 0.15) is 44.0 Å². The Morgan fingerprint density at radius 2 is 2.19 bits per heavy atom. The molecule has 6 nitrogen and oxygen atoms in total. The largest absolute Gasteiger partial charge is 0.321 e. The molecule has 1 aliphatic carbocycles. The second-order valence-corrected chi connectivity index (χ2v) is 4.26. The summed E-state index contributed by atoms with van der Waals surface area (Å²) in [5, 5.41) is 20.3. The quantitative estimate of drug-likeness (QED) is 0.812. The van der Waals surface area contributed by atoms with E-state index in [1.807, 2.05) is 6.07 Å². The van der Waals surface area contributed by atoms with Gasteiger partial charge in [0.25, 0.3) is 0 Å². The fourth-order valence-electron chi connectivity index (χ4n) is 2.22. The van der Waals surface area contributed by atoms with E-state index in [0.717, 1.165) is 12.8 Å². The highest BCUT2D eigenvalue weighted by Gasteiger charge is 2.25.